The number of amides is 2. The topological polar surface area (TPSA) is 64.4 Å². The molecule has 138 valence electrons. The molecule has 2 aromatic rings. The summed E-state index contributed by atoms with van der Waals surface area (Å²) in [5.74, 6) is 0.0199. The molecule has 5 nitrogen and oxygen atoms in total. The van der Waals surface area contributed by atoms with Crippen LogP contribution >= 0.6 is 0 Å². The van der Waals surface area contributed by atoms with E-state index in [1.165, 1.54) is 0 Å². The van der Waals surface area contributed by atoms with Crippen LogP contribution in [0.15, 0.2) is 42.5 Å². The largest absolute Gasteiger partial charge is 0.334 e. The van der Waals surface area contributed by atoms with Crippen LogP contribution in [0.1, 0.15) is 47.3 Å². The van der Waals surface area contributed by atoms with Gasteiger partial charge >= 0.3 is 0 Å². The average molecular weight is 361 g/mol. The molecule has 1 aliphatic rings. The van der Waals surface area contributed by atoms with Crippen molar-refractivity contribution in [2.75, 3.05) is 18.0 Å². The van der Waals surface area contributed by atoms with E-state index in [0.29, 0.717) is 30.8 Å². The molecule has 0 fully saturated rings. The first-order valence-electron chi connectivity index (χ1n) is 9.22. The maximum atomic E-state index is 13.1. The number of hydrogen-bond donors (Lipinski definition) is 0. The zero-order chi connectivity index (χ0) is 19.4. The fourth-order valence-electron chi connectivity index (χ4n) is 3.47. The monoisotopic (exact) mass is 361 g/mol. The number of nitriles is 1. The summed E-state index contributed by atoms with van der Waals surface area (Å²) in [6, 6.07) is 15.0. The molecule has 0 unspecified atom stereocenters. The van der Waals surface area contributed by atoms with Gasteiger partial charge in [0.15, 0.2) is 0 Å². The smallest absolute Gasteiger partial charge is 0.254 e. The Bertz CT molecular complexity index is 897. The van der Waals surface area contributed by atoms with Crippen molar-refractivity contribution in [3.8, 4) is 6.07 Å². The zero-order valence-electron chi connectivity index (χ0n) is 15.7. The predicted octanol–water partition coefficient (Wildman–Crippen LogP) is 3.52. The number of benzene rings is 2. The lowest BCUT2D eigenvalue weighted by atomic mass is 10.1. The van der Waals surface area contributed by atoms with Crippen LogP contribution in [-0.4, -0.2) is 29.8 Å². The normalized spacial score (nSPS) is 12.4. The van der Waals surface area contributed by atoms with Gasteiger partial charge in [-0.3, -0.25) is 9.59 Å². The van der Waals surface area contributed by atoms with Gasteiger partial charge in [0.25, 0.3) is 5.91 Å². The fourth-order valence-corrected chi connectivity index (χ4v) is 3.47. The first-order chi connectivity index (χ1) is 13.0. The van der Waals surface area contributed by atoms with E-state index in [9.17, 15) is 9.59 Å². The summed E-state index contributed by atoms with van der Waals surface area (Å²) < 4.78 is 0. The molecule has 0 bridgehead atoms. The van der Waals surface area contributed by atoms with Gasteiger partial charge in [0.2, 0.25) is 5.91 Å². The van der Waals surface area contributed by atoms with E-state index < -0.39 is 0 Å². The van der Waals surface area contributed by atoms with E-state index in [1.54, 1.807) is 24.0 Å². The molecular weight excluding hydrogens is 338 g/mol. The van der Waals surface area contributed by atoms with Crippen molar-refractivity contribution >= 4 is 17.5 Å². The van der Waals surface area contributed by atoms with Gasteiger partial charge in [-0.1, -0.05) is 19.1 Å². The first kappa shape index (κ1) is 18.7. The summed E-state index contributed by atoms with van der Waals surface area (Å²) in [5, 5.41) is 8.92. The number of rotatable bonds is 5. The number of carbonyl (C=O) groups is 2. The molecule has 0 N–H and O–H groups in total. The molecule has 1 aliphatic heterocycles. The number of nitrogens with zero attached hydrogens (tertiary/aromatic N) is 3. The van der Waals surface area contributed by atoms with Gasteiger partial charge in [0.05, 0.1) is 11.6 Å². The van der Waals surface area contributed by atoms with Crippen molar-refractivity contribution in [3.05, 3.63) is 64.7 Å². The zero-order valence-corrected chi connectivity index (χ0v) is 15.7. The molecular formula is C22H23N3O2. The minimum Gasteiger partial charge on any atom is -0.334 e. The lowest BCUT2D eigenvalue weighted by Crippen LogP contribution is -2.31. The second kappa shape index (κ2) is 8.05. The molecule has 0 saturated heterocycles. The highest BCUT2D eigenvalue weighted by molar-refractivity contribution is 5.97. The van der Waals surface area contributed by atoms with Crippen LogP contribution in [0.25, 0.3) is 0 Å². The second-order valence-corrected chi connectivity index (χ2v) is 6.80. The van der Waals surface area contributed by atoms with E-state index in [0.717, 1.165) is 29.7 Å². The molecule has 3 rings (SSSR count). The Labute approximate surface area is 159 Å². The maximum absolute atomic E-state index is 13.1. The summed E-state index contributed by atoms with van der Waals surface area (Å²) in [7, 11) is 0. The Morgan fingerprint density at radius 1 is 1.19 bits per heavy atom. The van der Waals surface area contributed by atoms with Crippen LogP contribution in [0, 0.1) is 11.3 Å². The summed E-state index contributed by atoms with van der Waals surface area (Å²) >= 11 is 0. The molecule has 2 amide bonds. The molecule has 5 heteroatoms. The Morgan fingerprint density at radius 2 is 1.93 bits per heavy atom. The Kier molecular flexibility index (Phi) is 5.56. The van der Waals surface area contributed by atoms with Crippen molar-refractivity contribution in [1.82, 2.24) is 4.90 Å². The van der Waals surface area contributed by atoms with Crippen molar-refractivity contribution < 1.29 is 9.59 Å². The Hall–Kier alpha value is -3.13. The van der Waals surface area contributed by atoms with Gasteiger partial charge in [0, 0.05) is 37.8 Å². The first-order valence-corrected chi connectivity index (χ1v) is 9.22. The third kappa shape index (κ3) is 4.01. The summed E-state index contributed by atoms with van der Waals surface area (Å²) in [5.41, 5.74) is 4.22. The lowest BCUT2D eigenvalue weighted by Gasteiger charge is -2.23. The van der Waals surface area contributed by atoms with Gasteiger partial charge in [-0.25, -0.2) is 0 Å². The molecule has 0 spiro atoms. The number of carbonyl (C=O) groups excluding carboxylic acids is 2. The van der Waals surface area contributed by atoms with E-state index in [-0.39, 0.29) is 11.8 Å². The third-order valence-electron chi connectivity index (χ3n) is 4.84. The minimum absolute atomic E-state index is 0.00900. The third-order valence-corrected chi connectivity index (χ3v) is 4.84. The van der Waals surface area contributed by atoms with Gasteiger partial charge < -0.3 is 9.80 Å². The second-order valence-electron chi connectivity index (χ2n) is 6.80. The minimum atomic E-state index is -0.00900. The molecule has 0 saturated carbocycles. The SMILES string of the molecule is CCCN(Cc1ccc(C#N)cc1)C(=O)c1ccc2c(c1)CCN2C(C)=O. The maximum Gasteiger partial charge on any atom is 0.254 e. The van der Waals surface area contributed by atoms with Crippen molar-refractivity contribution in [2.45, 2.75) is 33.2 Å². The number of fused-ring (bicyclic) bond motifs is 1. The van der Waals surface area contributed by atoms with Crippen LogP contribution < -0.4 is 4.90 Å². The highest BCUT2D eigenvalue weighted by Crippen LogP contribution is 2.29. The molecule has 1 heterocycles. The van der Waals surface area contributed by atoms with E-state index in [4.69, 9.17) is 5.26 Å². The van der Waals surface area contributed by atoms with E-state index in [1.807, 2.05) is 42.2 Å². The highest BCUT2D eigenvalue weighted by Gasteiger charge is 2.24. The Balaban J connectivity index is 1.80. The van der Waals surface area contributed by atoms with E-state index >= 15 is 0 Å². The summed E-state index contributed by atoms with van der Waals surface area (Å²) in [6.07, 6.45) is 1.64. The van der Waals surface area contributed by atoms with Gasteiger partial charge in [0.1, 0.15) is 0 Å². The standard InChI is InChI=1S/C22H23N3O2/c1-3-11-24(15-18-6-4-17(14-23)5-7-18)22(27)20-8-9-21-19(13-20)10-12-25(21)16(2)26/h4-9,13H,3,10-12,15H2,1-2H3. The Morgan fingerprint density at radius 3 is 2.56 bits per heavy atom. The van der Waals surface area contributed by atoms with Crippen LogP contribution in [0.2, 0.25) is 0 Å². The lowest BCUT2D eigenvalue weighted by molar-refractivity contribution is -0.116. The summed E-state index contributed by atoms with van der Waals surface area (Å²) in [6.45, 7) is 5.46. The predicted molar refractivity (Wildman–Crippen MR) is 104 cm³/mol. The molecule has 2 aromatic carbocycles. The summed E-state index contributed by atoms with van der Waals surface area (Å²) in [4.78, 5) is 28.4. The number of anilines is 1. The molecule has 0 atom stereocenters. The van der Waals surface area contributed by atoms with Gasteiger partial charge in [-0.2, -0.15) is 5.26 Å². The quantitative estimate of drug-likeness (QED) is 0.818. The molecule has 0 aromatic heterocycles. The average Bonchev–Trinajstić information content (AvgIpc) is 3.11. The number of hydrogen-bond acceptors (Lipinski definition) is 3. The fraction of sp³-hybridized carbons (Fsp3) is 0.318. The van der Waals surface area contributed by atoms with Crippen LogP contribution in [0.3, 0.4) is 0 Å². The van der Waals surface area contributed by atoms with Crippen LogP contribution in [0.5, 0.6) is 0 Å². The highest BCUT2D eigenvalue weighted by atomic mass is 16.2. The molecule has 0 radical (unpaired) electrons. The van der Waals surface area contributed by atoms with E-state index in [2.05, 4.69) is 6.07 Å². The van der Waals surface area contributed by atoms with Gasteiger partial charge in [-0.15, -0.1) is 0 Å². The molecule has 0 aliphatic carbocycles. The van der Waals surface area contributed by atoms with Crippen molar-refractivity contribution in [3.63, 3.8) is 0 Å². The van der Waals surface area contributed by atoms with Crippen molar-refractivity contribution in [1.29, 1.82) is 5.26 Å². The van der Waals surface area contributed by atoms with Crippen LogP contribution in [0.4, 0.5) is 5.69 Å². The molecule has 27 heavy (non-hydrogen) atoms. The van der Waals surface area contributed by atoms with Crippen LogP contribution in [-0.2, 0) is 17.8 Å². The van der Waals surface area contributed by atoms with Gasteiger partial charge in [-0.05, 0) is 54.3 Å². The van der Waals surface area contributed by atoms with Crippen molar-refractivity contribution in [2.24, 2.45) is 0 Å².